The third-order valence-electron chi connectivity index (χ3n) is 3.93. The van der Waals surface area contributed by atoms with Gasteiger partial charge < -0.3 is 20.3 Å². The molecule has 6 nitrogen and oxygen atoms in total. The molecule has 2 aromatic carbocycles. The molecule has 0 aliphatic rings. The highest BCUT2D eigenvalue weighted by Crippen LogP contribution is 2.25. The minimum absolute atomic E-state index is 0.0829. The van der Waals surface area contributed by atoms with E-state index in [9.17, 15) is 14.0 Å². The Balaban J connectivity index is 1.92. The number of hydrogen-bond donors (Lipinski definition) is 2. The molecule has 0 saturated carbocycles. The number of anilines is 2. The summed E-state index contributed by atoms with van der Waals surface area (Å²) in [5, 5.41) is 5.34. The Morgan fingerprint density at radius 3 is 2.43 bits per heavy atom. The van der Waals surface area contributed by atoms with E-state index in [0.29, 0.717) is 11.4 Å². The van der Waals surface area contributed by atoms with Crippen molar-refractivity contribution >= 4 is 39.2 Å². The standard InChI is InChI=1S/C20H23BrFN3O3/c1-13(2)25(16-8-9-18(28-3)17(22)12-16)19(26)10-11-23-20(27)24-15-6-4-14(21)5-7-15/h4-9,12-13H,10-11H2,1-3H3,(H2,23,24,27). The largest absolute Gasteiger partial charge is 0.494 e. The van der Waals surface area contributed by atoms with Crippen LogP contribution in [0.1, 0.15) is 20.3 Å². The van der Waals surface area contributed by atoms with Crippen molar-refractivity contribution in [3.63, 3.8) is 0 Å². The van der Waals surface area contributed by atoms with Crippen molar-refractivity contribution in [2.75, 3.05) is 23.9 Å². The van der Waals surface area contributed by atoms with Crippen molar-refractivity contribution < 1.29 is 18.7 Å². The molecule has 0 aromatic heterocycles. The number of nitrogens with zero attached hydrogens (tertiary/aromatic N) is 1. The number of ether oxygens (including phenoxy) is 1. The summed E-state index contributed by atoms with van der Waals surface area (Å²) in [6.07, 6.45) is 0.0829. The second-order valence-electron chi connectivity index (χ2n) is 6.31. The maximum Gasteiger partial charge on any atom is 0.319 e. The highest BCUT2D eigenvalue weighted by atomic mass is 79.9. The van der Waals surface area contributed by atoms with Gasteiger partial charge in [0.05, 0.1) is 7.11 Å². The highest BCUT2D eigenvalue weighted by molar-refractivity contribution is 9.10. The van der Waals surface area contributed by atoms with E-state index >= 15 is 0 Å². The maximum atomic E-state index is 14.0. The van der Waals surface area contributed by atoms with Gasteiger partial charge in [-0.05, 0) is 50.2 Å². The smallest absolute Gasteiger partial charge is 0.319 e. The molecule has 0 radical (unpaired) electrons. The van der Waals surface area contributed by atoms with Gasteiger partial charge in [0.2, 0.25) is 5.91 Å². The minimum Gasteiger partial charge on any atom is -0.494 e. The summed E-state index contributed by atoms with van der Waals surface area (Å²) in [6, 6.07) is 11.0. The molecule has 8 heteroatoms. The monoisotopic (exact) mass is 451 g/mol. The summed E-state index contributed by atoms with van der Waals surface area (Å²) in [5.41, 5.74) is 1.09. The molecule has 3 amide bonds. The normalized spacial score (nSPS) is 10.5. The van der Waals surface area contributed by atoms with Crippen LogP contribution < -0.4 is 20.3 Å². The van der Waals surface area contributed by atoms with Gasteiger partial charge >= 0.3 is 6.03 Å². The summed E-state index contributed by atoms with van der Waals surface area (Å²) >= 11 is 3.33. The number of halogens is 2. The van der Waals surface area contributed by atoms with Gasteiger partial charge in [0.25, 0.3) is 0 Å². The molecule has 0 fully saturated rings. The van der Waals surface area contributed by atoms with Crippen LogP contribution in [0, 0.1) is 5.82 Å². The zero-order chi connectivity index (χ0) is 20.7. The SMILES string of the molecule is COc1ccc(N(C(=O)CCNC(=O)Nc2ccc(Br)cc2)C(C)C)cc1F. The number of rotatable bonds is 7. The molecule has 0 aliphatic carbocycles. The fourth-order valence-corrected chi connectivity index (χ4v) is 2.91. The zero-order valence-corrected chi connectivity index (χ0v) is 17.5. The molecule has 2 rings (SSSR count). The van der Waals surface area contributed by atoms with Gasteiger partial charge in [-0.1, -0.05) is 15.9 Å². The van der Waals surface area contributed by atoms with Crippen molar-refractivity contribution in [1.29, 1.82) is 0 Å². The quantitative estimate of drug-likeness (QED) is 0.648. The third-order valence-corrected chi connectivity index (χ3v) is 4.45. The van der Waals surface area contributed by atoms with Crippen LogP contribution in [-0.4, -0.2) is 31.6 Å². The number of carbonyl (C=O) groups excluding carboxylic acids is 2. The fourth-order valence-electron chi connectivity index (χ4n) is 2.65. The van der Waals surface area contributed by atoms with Crippen LogP contribution in [-0.2, 0) is 4.79 Å². The lowest BCUT2D eigenvalue weighted by molar-refractivity contribution is -0.118. The Morgan fingerprint density at radius 1 is 1.18 bits per heavy atom. The van der Waals surface area contributed by atoms with E-state index in [-0.39, 0.29) is 30.7 Å². The summed E-state index contributed by atoms with van der Waals surface area (Å²) in [6.45, 7) is 3.84. The van der Waals surface area contributed by atoms with E-state index in [1.165, 1.54) is 24.1 Å². The number of benzene rings is 2. The van der Waals surface area contributed by atoms with E-state index in [2.05, 4.69) is 26.6 Å². The highest BCUT2D eigenvalue weighted by Gasteiger charge is 2.20. The van der Waals surface area contributed by atoms with Crippen LogP contribution in [0.5, 0.6) is 5.75 Å². The van der Waals surface area contributed by atoms with Crippen molar-refractivity contribution in [2.45, 2.75) is 26.3 Å². The number of urea groups is 1. The van der Waals surface area contributed by atoms with Gasteiger partial charge in [0.15, 0.2) is 11.6 Å². The molecule has 0 bridgehead atoms. The van der Waals surface area contributed by atoms with Crippen LogP contribution in [0.2, 0.25) is 0 Å². The Labute approximate surface area is 172 Å². The van der Waals surface area contributed by atoms with E-state index < -0.39 is 11.8 Å². The lowest BCUT2D eigenvalue weighted by Gasteiger charge is -2.27. The zero-order valence-electron chi connectivity index (χ0n) is 16.0. The van der Waals surface area contributed by atoms with Gasteiger partial charge in [0, 0.05) is 40.9 Å². The van der Waals surface area contributed by atoms with Gasteiger partial charge in [-0.25, -0.2) is 9.18 Å². The number of methoxy groups -OCH3 is 1. The number of nitrogens with one attached hydrogen (secondary N) is 2. The van der Waals surface area contributed by atoms with E-state index in [1.807, 2.05) is 26.0 Å². The molecule has 2 N–H and O–H groups in total. The predicted molar refractivity (Wildman–Crippen MR) is 111 cm³/mol. The van der Waals surface area contributed by atoms with Crippen molar-refractivity contribution in [2.24, 2.45) is 0 Å². The van der Waals surface area contributed by atoms with Crippen molar-refractivity contribution in [1.82, 2.24) is 5.32 Å². The van der Waals surface area contributed by atoms with Crippen LogP contribution in [0.15, 0.2) is 46.9 Å². The van der Waals surface area contributed by atoms with Crippen LogP contribution in [0.4, 0.5) is 20.6 Å². The van der Waals surface area contributed by atoms with E-state index in [4.69, 9.17) is 4.74 Å². The summed E-state index contributed by atoms with van der Waals surface area (Å²) in [5.74, 6) is -0.639. The van der Waals surface area contributed by atoms with Crippen LogP contribution >= 0.6 is 15.9 Å². The van der Waals surface area contributed by atoms with Gasteiger partial charge in [-0.2, -0.15) is 0 Å². The summed E-state index contributed by atoms with van der Waals surface area (Å²) in [4.78, 5) is 26.1. The Morgan fingerprint density at radius 2 is 1.86 bits per heavy atom. The molecular formula is C20H23BrFN3O3. The summed E-state index contributed by atoms with van der Waals surface area (Å²) < 4.78 is 19.8. The number of amides is 3. The first-order valence-electron chi connectivity index (χ1n) is 8.78. The molecule has 0 spiro atoms. The first-order chi connectivity index (χ1) is 13.3. The second kappa shape index (κ2) is 10.1. The molecule has 0 saturated heterocycles. The lowest BCUT2D eigenvalue weighted by atomic mass is 10.2. The predicted octanol–water partition coefficient (Wildman–Crippen LogP) is 4.55. The molecule has 2 aromatic rings. The van der Waals surface area contributed by atoms with Gasteiger partial charge in [0.1, 0.15) is 0 Å². The first-order valence-corrected chi connectivity index (χ1v) is 9.57. The number of carbonyl (C=O) groups is 2. The number of hydrogen-bond acceptors (Lipinski definition) is 3. The van der Waals surface area contributed by atoms with E-state index in [0.717, 1.165) is 4.47 Å². The molecule has 0 unspecified atom stereocenters. The fraction of sp³-hybridized carbons (Fsp3) is 0.300. The van der Waals surface area contributed by atoms with Gasteiger partial charge in [-0.3, -0.25) is 4.79 Å². The van der Waals surface area contributed by atoms with Crippen molar-refractivity contribution in [3.05, 3.63) is 52.8 Å². The van der Waals surface area contributed by atoms with Gasteiger partial charge in [-0.15, -0.1) is 0 Å². The Hall–Kier alpha value is -2.61. The summed E-state index contributed by atoms with van der Waals surface area (Å²) in [7, 11) is 1.38. The molecule has 0 heterocycles. The topological polar surface area (TPSA) is 70.7 Å². The Bertz CT molecular complexity index is 828. The average Bonchev–Trinajstić information content (AvgIpc) is 2.63. The van der Waals surface area contributed by atoms with Crippen LogP contribution in [0.25, 0.3) is 0 Å². The third kappa shape index (κ3) is 5.95. The minimum atomic E-state index is -0.537. The molecular weight excluding hydrogens is 429 g/mol. The van der Waals surface area contributed by atoms with Crippen LogP contribution in [0.3, 0.4) is 0 Å². The molecule has 0 atom stereocenters. The molecule has 28 heavy (non-hydrogen) atoms. The Kier molecular flexibility index (Phi) is 7.80. The molecule has 0 aliphatic heterocycles. The molecule has 150 valence electrons. The lowest BCUT2D eigenvalue weighted by Crippen LogP contribution is -2.39. The van der Waals surface area contributed by atoms with E-state index in [1.54, 1.807) is 18.2 Å². The first kappa shape index (κ1) is 21.7. The maximum absolute atomic E-state index is 14.0. The van der Waals surface area contributed by atoms with Crippen molar-refractivity contribution in [3.8, 4) is 5.75 Å². The second-order valence-corrected chi connectivity index (χ2v) is 7.23. The average molecular weight is 452 g/mol.